The average molecular weight is 379 g/mol. The van der Waals surface area contributed by atoms with Crippen LogP contribution in [-0.4, -0.2) is 25.4 Å². The predicted molar refractivity (Wildman–Crippen MR) is 110 cm³/mol. The monoisotopic (exact) mass is 379 g/mol. The first-order chi connectivity index (χ1) is 13.2. The molecule has 0 saturated heterocycles. The van der Waals surface area contributed by atoms with Gasteiger partial charge in [-0.25, -0.2) is 0 Å². The first-order valence-electron chi connectivity index (χ1n) is 8.61. The lowest BCUT2D eigenvalue weighted by Gasteiger charge is -2.09. The van der Waals surface area contributed by atoms with E-state index in [9.17, 15) is 4.79 Å². The zero-order chi connectivity index (χ0) is 18.9. The van der Waals surface area contributed by atoms with Crippen molar-refractivity contribution in [2.24, 2.45) is 0 Å². The van der Waals surface area contributed by atoms with Crippen LogP contribution in [0.25, 0.3) is 0 Å². The summed E-state index contributed by atoms with van der Waals surface area (Å²) in [6.07, 6.45) is 0. The van der Waals surface area contributed by atoms with Crippen LogP contribution in [-0.2, 0) is 0 Å². The minimum Gasteiger partial charge on any atom is -0.497 e. The number of ether oxygens (including phenoxy) is 2. The average Bonchev–Trinajstić information content (AvgIpc) is 2.72. The normalized spacial score (nSPS) is 10.3. The first kappa shape index (κ1) is 18.9. The van der Waals surface area contributed by atoms with Crippen molar-refractivity contribution in [1.82, 2.24) is 0 Å². The molecule has 138 valence electrons. The van der Waals surface area contributed by atoms with Crippen LogP contribution >= 0.6 is 11.8 Å². The smallest absolute Gasteiger partial charge is 0.255 e. The van der Waals surface area contributed by atoms with Crippen LogP contribution in [0, 0.1) is 0 Å². The molecule has 5 heteroatoms. The van der Waals surface area contributed by atoms with Gasteiger partial charge in [-0.2, -0.15) is 0 Å². The Labute approximate surface area is 163 Å². The van der Waals surface area contributed by atoms with Crippen molar-refractivity contribution < 1.29 is 14.3 Å². The van der Waals surface area contributed by atoms with Gasteiger partial charge in [0.05, 0.1) is 13.7 Å². The minimum absolute atomic E-state index is 0.172. The Balaban J connectivity index is 1.48. The maximum Gasteiger partial charge on any atom is 0.255 e. The van der Waals surface area contributed by atoms with Crippen molar-refractivity contribution in [2.45, 2.75) is 4.90 Å². The van der Waals surface area contributed by atoms with Crippen LogP contribution in [0.15, 0.2) is 83.8 Å². The summed E-state index contributed by atoms with van der Waals surface area (Å²) in [5.74, 6) is 2.14. The van der Waals surface area contributed by atoms with Crippen molar-refractivity contribution in [3.63, 3.8) is 0 Å². The van der Waals surface area contributed by atoms with Gasteiger partial charge in [-0.3, -0.25) is 4.79 Å². The number of nitrogens with one attached hydrogen (secondary N) is 1. The lowest BCUT2D eigenvalue weighted by Crippen LogP contribution is -2.11. The second-order valence-corrected chi connectivity index (χ2v) is 6.89. The van der Waals surface area contributed by atoms with E-state index in [0.717, 1.165) is 11.5 Å². The van der Waals surface area contributed by atoms with Crippen LogP contribution in [0.5, 0.6) is 11.5 Å². The van der Waals surface area contributed by atoms with E-state index >= 15 is 0 Å². The van der Waals surface area contributed by atoms with Gasteiger partial charge in [-0.1, -0.05) is 24.3 Å². The largest absolute Gasteiger partial charge is 0.497 e. The molecule has 0 fully saturated rings. The summed E-state index contributed by atoms with van der Waals surface area (Å²) in [6, 6.07) is 24.6. The Morgan fingerprint density at radius 1 is 0.926 bits per heavy atom. The van der Waals surface area contributed by atoms with Crippen molar-refractivity contribution in [3.05, 3.63) is 84.4 Å². The molecular weight excluding hydrogens is 358 g/mol. The van der Waals surface area contributed by atoms with E-state index in [2.05, 4.69) is 17.4 Å². The Kier molecular flexibility index (Phi) is 6.77. The summed E-state index contributed by atoms with van der Waals surface area (Å²) < 4.78 is 10.9. The Morgan fingerprint density at radius 3 is 2.44 bits per heavy atom. The number of carbonyl (C=O) groups excluding carboxylic acids is 1. The third-order valence-corrected chi connectivity index (χ3v) is 4.78. The topological polar surface area (TPSA) is 47.6 Å². The Hall–Kier alpha value is -2.92. The first-order valence-corrected chi connectivity index (χ1v) is 9.59. The Morgan fingerprint density at radius 2 is 1.70 bits per heavy atom. The number of rotatable bonds is 8. The molecule has 0 radical (unpaired) electrons. The van der Waals surface area contributed by atoms with Crippen LogP contribution in [0.2, 0.25) is 0 Å². The fourth-order valence-corrected chi connectivity index (χ4v) is 3.19. The van der Waals surface area contributed by atoms with Gasteiger partial charge in [0.2, 0.25) is 0 Å². The van der Waals surface area contributed by atoms with Crippen LogP contribution in [0.3, 0.4) is 0 Å². The standard InChI is InChI=1S/C22H21NO3S/c1-25-20-7-5-6-18(16-20)23-22(24)17-10-12-19(13-11-17)26-14-15-27-21-8-3-2-4-9-21/h2-13,16H,14-15H2,1H3,(H,23,24). The molecule has 0 aliphatic heterocycles. The maximum atomic E-state index is 12.3. The molecule has 3 aromatic carbocycles. The summed E-state index contributed by atoms with van der Waals surface area (Å²) in [6.45, 7) is 0.606. The molecule has 1 N–H and O–H groups in total. The van der Waals surface area contributed by atoms with Crippen LogP contribution in [0.4, 0.5) is 5.69 Å². The predicted octanol–water partition coefficient (Wildman–Crippen LogP) is 5.12. The van der Waals surface area contributed by atoms with Gasteiger partial charge in [0.25, 0.3) is 5.91 Å². The molecule has 4 nitrogen and oxygen atoms in total. The Bertz CT molecular complexity index is 866. The summed E-state index contributed by atoms with van der Waals surface area (Å²) in [5, 5.41) is 2.86. The molecule has 1 amide bonds. The van der Waals surface area contributed by atoms with E-state index < -0.39 is 0 Å². The third-order valence-electron chi connectivity index (χ3n) is 3.81. The van der Waals surface area contributed by atoms with E-state index in [4.69, 9.17) is 9.47 Å². The molecule has 0 aliphatic rings. The van der Waals surface area contributed by atoms with Crippen molar-refractivity contribution in [2.75, 3.05) is 24.8 Å². The highest BCUT2D eigenvalue weighted by molar-refractivity contribution is 7.99. The number of benzene rings is 3. The molecule has 0 aromatic heterocycles. The van der Waals surface area contributed by atoms with Gasteiger partial charge in [-0.15, -0.1) is 11.8 Å². The molecule has 0 unspecified atom stereocenters. The number of anilines is 1. The lowest BCUT2D eigenvalue weighted by molar-refractivity contribution is 0.102. The second kappa shape index (κ2) is 9.69. The number of hydrogen-bond acceptors (Lipinski definition) is 4. The van der Waals surface area contributed by atoms with Crippen LogP contribution in [0.1, 0.15) is 10.4 Å². The lowest BCUT2D eigenvalue weighted by atomic mass is 10.2. The zero-order valence-corrected chi connectivity index (χ0v) is 15.9. The molecule has 0 atom stereocenters. The fourth-order valence-electron chi connectivity index (χ4n) is 2.44. The molecule has 0 saturated carbocycles. The molecule has 3 aromatic rings. The second-order valence-electron chi connectivity index (χ2n) is 5.72. The van der Waals surface area contributed by atoms with Gasteiger partial charge in [0.1, 0.15) is 11.5 Å². The number of thioether (sulfide) groups is 1. The number of methoxy groups -OCH3 is 1. The van der Waals surface area contributed by atoms with Gasteiger partial charge in [0.15, 0.2) is 0 Å². The molecule has 0 spiro atoms. The highest BCUT2D eigenvalue weighted by Crippen LogP contribution is 2.20. The summed E-state index contributed by atoms with van der Waals surface area (Å²) in [5.41, 5.74) is 1.27. The molecule has 0 heterocycles. The van der Waals surface area contributed by atoms with Gasteiger partial charge in [0, 0.05) is 28.0 Å². The van der Waals surface area contributed by atoms with Gasteiger partial charge < -0.3 is 14.8 Å². The highest BCUT2D eigenvalue weighted by atomic mass is 32.2. The molecular formula is C22H21NO3S. The SMILES string of the molecule is COc1cccc(NC(=O)c2ccc(OCCSc3ccccc3)cc2)c1. The number of carbonyl (C=O) groups is 1. The van der Waals surface area contributed by atoms with E-state index in [0.29, 0.717) is 23.6 Å². The van der Waals surface area contributed by atoms with Crippen LogP contribution < -0.4 is 14.8 Å². The van der Waals surface area contributed by atoms with Crippen molar-refractivity contribution >= 4 is 23.4 Å². The molecule has 0 aliphatic carbocycles. The quantitative estimate of drug-likeness (QED) is 0.436. The van der Waals surface area contributed by atoms with E-state index in [-0.39, 0.29) is 5.91 Å². The van der Waals surface area contributed by atoms with Crippen molar-refractivity contribution in [1.29, 1.82) is 0 Å². The number of amides is 1. The maximum absolute atomic E-state index is 12.3. The fraction of sp³-hybridized carbons (Fsp3) is 0.136. The van der Waals surface area contributed by atoms with E-state index in [1.807, 2.05) is 48.5 Å². The molecule has 0 bridgehead atoms. The van der Waals surface area contributed by atoms with Gasteiger partial charge in [-0.05, 0) is 48.5 Å². The van der Waals surface area contributed by atoms with Crippen molar-refractivity contribution in [3.8, 4) is 11.5 Å². The summed E-state index contributed by atoms with van der Waals surface area (Å²) in [4.78, 5) is 13.6. The summed E-state index contributed by atoms with van der Waals surface area (Å²) >= 11 is 1.75. The minimum atomic E-state index is -0.172. The van der Waals surface area contributed by atoms with Gasteiger partial charge >= 0.3 is 0 Å². The highest BCUT2D eigenvalue weighted by Gasteiger charge is 2.07. The zero-order valence-electron chi connectivity index (χ0n) is 15.1. The summed E-state index contributed by atoms with van der Waals surface area (Å²) in [7, 11) is 1.60. The van der Waals surface area contributed by atoms with E-state index in [1.165, 1.54) is 4.90 Å². The third kappa shape index (κ3) is 5.79. The molecule has 27 heavy (non-hydrogen) atoms. The number of hydrogen-bond donors (Lipinski definition) is 1. The van der Waals surface area contributed by atoms with E-state index in [1.54, 1.807) is 37.1 Å². The molecule has 3 rings (SSSR count).